The average molecular weight is 428 g/mol. The molecule has 0 radical (unpaired) electrons. The fourth-order valence-electron chi connectivity index (χ4n) is 3.71. The van der Waals surface area contributed by atoms with E-state index in [4.69, 9.17) is 14.2 Å². The van der Waals surface area contributed by atoms with Crippen molar-refractivity contribution in [1.82, 2.24) is 29.4 Å². The summed E-state index contributed by atoms with van der Waals surface area (Å²) in [4.78, 5) is 31.7. The van der Waals surface area contributed by atoms with Gasteiger partial charge in [0.25, 0.3) is 5.56 Å². The van der Waals surface area contributed by atoms with Crippen LogP contribution in [0.15, 0.2) is 29.3 Å². The summed E-state index contributed by atoms with van der Waals surface area (Å²) in [5.41, 5.74) is 0.542. The molecule has 1 saturated heterocycles. The van der Waals surface area contributed by atoms with Crippen LogP contribution in [0.4, 0.5) is 0 Å². The molecule has 0 saturated carbocycles. The Kier molecular flexibility index (Phi) is 5.59. The van der Waals surface area contributed by atoms with Crippen LogP contribution < -0.4 is 15.0 Å². The van der Waals surface area contributed by atoms with Gasteiger partial charge >= 0.3 is 0 Å². The molecule has 0 aliphatic carbocycles. The molecule has 4 rings (SSSR count). The first-order valence-corrected chi connectivity index (χ1v) is 9.87. The van der Waals surface area contributed by atoms with Crippen molar-refractivity contribution in [2.75, 3.05) is 27.3 Å². The molecule has 0 N–H and O–H groups in total. The van der Waals surface area contributed by atoms with Gasteiger partial charge in [-0.1, -0.05) is 5.21 Å². The Balaban J connectivity index is 1.63. The summed E-state index contributed by atoms with van der Waals surface area (Å²) in [5, 5.41) is 8.07. The summed E-state index contributed by atoms with van der Waals surface area (Å²) in [6, 6.07) is 5.20. The molecule has 1 aromatic carbocycles. The maximum absolute atomic E-state index is 12.9. The Morgan fingerprint density at radius 3 is 2.55 bits per heavy atom. The number of morpholine rings is 1. The Labute approximate surface area is 178 Å². The predicted molar refractivity (Wildman–Crippen MR) is 111 cm³/mol. The van der Waals surface area contributed by atoms with Crippen LogP contribution in [0.2, 0.25) is 0 Å². The maximum Gasteiger partial charge on any atom is 0.284 e. The number of benzene rings is 1. The fraction of sp³-hybridized carbons (Fsp3) is 0.450. The van der Waals surface area contributed by atoms with E-state index >= 15 is 0 Å². The molecule has 3 aromatic rings. The lowest BCUT2D eigenvalue weighted by Crippen LogP contribution is -2.49. The molecule has 11 nitrogen and oxygen atoms in total. The van der Waals surface area contributed by atoms with Crippen molar-refractivity contribution in [3.63, 3.8) is 0 Å². The van der Waals surface area contributed by atoms with Gasteiger partial charge in [-0.3, -0.25) is 14.2 Å². The molecule has 3 heterocycles. The van der Waals surface area contributed by atoms with E-state index in [0.29, 0.717) is 30.3 Å². The van der Waals surface area contributed by atoms with Gasteiger partial charge < -0.3 is 19.1 Å². The molecule has 1 amide bonds. The van der Waals surface area contributed by atoms with Crippen molar-refractivity contribution >= 4 is 17.1 Å². The number of carbonyl (C=O) groups excluding carboxylic acids is 1. The van der Waals surface area contributed by atoms with Crippen LogP contribution in [0, 0.1) is 0 Å². The summed E-state index contributed by atoms with van der Waals surface area (Å²) in [5.74, 6) is 0.908. The topological polar surface area (TPSA) is 114 Å². The number of hydrogen-bond donors (Lipinski definition) is 0. The quantitative estimate of drug-likeness (QED) is 0.581. The van der Waals surface area contributed by atoms with E-state index < -0.39 is 5.56 Å². The van der Waals surface area contributed by atoms with Gasteiger partial charge in [0.1, 0.15) is 12.9 Å². The molecule has 1 fully saturated rings. The van der Waals surface area contributed by atoms with Crippen molar-refractivity contribution in [2.45, 2.75) is 32.6 Å². The van der Waals surface area contributed by atoms with Gasteiger partial charge in [-0.2, -0.15) is 4.68 Å². The van der Waals surface area contributed by atoms with Crippen LogP contribution in [0.1, 0.15) is 13.8 Å². The van der Waals surface area contributed by atoms with Crippen LogP contribution in [0.3, 0.4) is 0 Å². The molecule has 1 aliphatic heterocycles. The zero-order valence-corrected chi connectivity index (χ0v) is 17.8. The third-order valence-corrected chi connectivity index (χ3v) is 5.12. The fourth-order valence-corrected chi connectivity index (χ4v) is 3.71. The predicted octanol–water partition coefficient (Wildman–Crippen LogP) is 0.630. The second kappa shape index (κ2) is 8.34. The van der Waals surface area contributed by atoms with Crippen molar-refractivity contribution in [1.29, 1.82) is 0 Å². The number of aromatic nitrogens is 5. The molecule has 1 aliphatic rings. The smallest absolute Gasteiger partial charge is 0.284 e. The van der Waals surface area contributed by atoms with Crippen LogP contribution >= 0.6 is 0 Å². The molecule has 2 unspecified atom stereocenters. The normalized spacial score (nSPS) is 18.9. The highest BCUT2D eigenvalue weighted by Crippen LogP contribution is 2.29. The number of hydrogen-bond acceptors (Lipinski definition) is 8. The number of fused-ring (bicyclic) bond motifs is 1. The first kappa shape index (κ1) is 20.8. The van der Waals surface area contributed by atoms with Gasteiger partial charge in [0.15, 0.2) is 22.7 Å². The second-order valence-corrected chi connectivity index (χ2v) is 7.45. The van der Waals surface area contributed by atoms with Gasteiger partial charge in [-0.05, 0) is 26.0 Å². The van der Waals surface area contributed by atoms with Crippen molar-refractivity contribution in [2.24, 2.45) is 0 Å². The lowest BCUT2D eigenvalue weighted by Gasteiger charge is -2.35. The molecule has 164 valence electrons. The minimum atomic E-state index is -0.431. The summed E-state index contributed by atoms with van der Waals surface area (Å²) < 4.78 is 18.9. The van der Waals surface area contributed by atoms with Gasteiger partial charge in [0, 0.05) is 19.2 Å². The van der Waals surface area contributed by atoms with E-state index in [1.54, 1.807) is 30.2 Å². The number of amides is 1. The summed E-state index contributed by atoms with van der Waals surface area (Å²) in [6.45, 7) is 4.70. The van der Waals surface area contributed by atoms with Gasteiger partial charge in [-0.25, -0.2) is 4.98 Å². The lowest BCUT2D eigenvalue weighted by molar-refractivity contribution is -0.143. The number of nitrogens with zero attached hydrogens (tertiary/aromatic N) is 6. The molecule has 0 bridgehead atoms. The van der Waals surface area contributed by atoms with Gasteiger partial charge in [0.05, 0.1) is 32.1 Å². The Morgan fingerprint density at radius 1 is 1.16 bits per heavy atom. The van der Waals surface area contributed by atoms with Crippen molar-refractivity contribution < 1.29 is 19.0 Å². The van der Waals surface area contributed by atoms with Gasteiger partial charge in [-0.15, -0.1) is 5.10 Å². The first-order valence-electron chi connectivity index (χ1n) is 9.87. The van der Waals surface area contributed by atoms with E-state index in [1.807, 2.05) is 13.8 Å². The van der Waals surface area contributed by atoms with E-state index in [0.717, 1.165) is 0 Å². The molecule has 31 heavy (non-hydrogen) atoms. The van der Waals surface area contributed by atoms with E-state index in [-0.39, 0.29) is 35.8 Å². The van der Waals surface area contributed by atoms with Crippen molar-refractivity contribution in [3.8, 4) is 17.2 Å². The number of rotatable bonds is 5. The zero-order chi connectivity index (χ0) is 22.1. The standard InChI is InChI=1S/C20H24N6O5/c1-12-8-24(9-13(2)31-12)17(27)10-25-11-21-19-18(20(25)28)22-23-26(19)14-5-6-15(29-3)16(7-14)30-4/h5-7,11-13H,8-10H2,1-4H3. The highest BCUT2D eigenvalue weighted by atomic mass is 16.5. The average Bonchev–Trinajstić information content (AvgIpc) is 3.19. The Morgan fingerprint density at radius 2 is 1.87 bits per heavy atom. The summed E-state index contributed by atoms with van der Waals surface area (Å²) in [7, 11) is 3.08. The van der Waals surface area contributed by atoms with Crippen LogP contribution in [0.25, 0.3) is 16.9 Å². The van der Waals surface area contributed by atoms with Crippen LogP contribution in [-0.2, 0) is 16.1 Å². The minimum absolute atomic E-state index is 0.0496. The Bertz CT molecular complexity index is 1160. The zero-order valence-electron chi connectivity index (χ0n) is 17.8. The largest absolute Gasteiger partial charge is 0.493 e. The highest BCUT2D eigenvalue weighted by Gasteiger charge is 2.26. The van der Waals surface area contributed by atoms with Crippen LogP contribution in [-0.4, -0.2) is 74.9 Å². The number of methoxy groups -OCH3 is 2. The van der Waals surface area contributed by atoms with Gasteiger partial charge in [0.2, 0.25) is 5.91 Å². The lowest BCUT2D eigenvalue weighted by atomic mass is 10.2. The SMILES string of the molecule is COc1ccc(-n2nnc3c(=O)n(CC(=O)N4CC(C)OC(C)C4)cnc32)cc1OC. The molecular formula is C20H24N6O5. The molecule has 0 spiro atoms. The maximum atomic E-state index is 12.9. The summed E-state index contributed by atoms with van der Waals surface area (Å²) >= 11 is 0. The molecule has 2 aromatic heterocycles. The Hall–Kier alpha value is -3.47. The third kappa shape index (κ3) is 3.96. The molecule has 2 atom stereocenters. The third-order valence-electron chi connectivity index (χ3n) is 5.12. The van der Waals surface area contributed by atoms with E-state index in [9.17, 15) is 9.59 Å². The molecular weight excluding hydrogens is 404 g/mol. The highest BCUT2D eigenvalue weighted by molar-refractivity contribution is 5.77. The molecule has 11 heteroatoms. The monoisotopic (exact) mass is 428 g/mol. The first-order chi connectivity index (χ1) is 14.9. The van der Waals surface area contributed by atoms with E-state index in [2.05, 4.69) is 15.3 Å². The second-order valence-electron chi connectivity index (χ2n) is 7.45. The van der Waals surface area contributed by atoms with Crippen LogP contribution in [0.5, 0.6) is 11.5 Å². The number of ether oxygens (including phenoxy) is 3. The van der Waals surface area contributed by atoms with E-state index in [1.165, 1.54) is 22.7 Å². The van der Waals surface area contributed by atoms with Crippen molar-refractivity contribution in [3.05, 3.63) is 34.9 Å². The number of carbonyl (C=O) groups is 1. The summed E-state index contributed by atoms with van der Waals surface area (Å²) in [6.07, 6.45) is 1.24. The minimum Gasteiger partial charge on any atom is -0.493 e.